The van der Waals surface area contributed by atoms with E-state index in [-0.39, 0.29) is 42.6 Å². The number of carbonyl (C=O) groups excluding carboxylic acids is 2. The monoisotopic (exact) mass is 1110 g/mol. The number of hydrogen-bond donors (Lipinski definition) is 1. The number of carbonyl (C=O) groups is 2. The van der Waals surface area contributed by atoms with Crippen LogP contribution >= 0.6 is 0 Å². The largest absolute Gasteiger partial charge is 0.456 e. The summed E-state index contributed by atoms with van der Waals surface area (Å²) < 4.78 is 38.9. The van der Waals surface area contributed by atoms with Crippen LogP contribution < -0.4 is 5.32 Å². The lowest BCUT2D eigenvalue weighted by Gasteiger charge is -2.47. The molecule has 0 fully saturated rings. The van der Waals surface area contributed by atoms with Gasteiger partial charge in [-0.2, -0.15) is 0 Å². The van der Waals surface area contributed by atoms with Crippen LogP contribution in [0.4, 0.5) is 4.79 Å². The zero-order valence-electron chi connectivity index (χ0n) is 52.5. The highest BCUT2D eigenvalue weighted by Crippen LogP contribution is 2.46. The molecule has 0 radical (unpaired) electrons. The van der Waals surface area contributed by atoms with Gasteiger partial charge < -0.3 is 27.8 Å². The first-order valence-electron chi connectivity index (χ1n) is 30.0. The first-order valence-corrected chi connectivity index (χ1v) is 34.3. The summed E-state index contributed by atoms with van der Waals surface area (Å²) in [5.74, 6) is 0.122. The van der Waals surface area contributed by atoms with Crippen molar-refractivity contribution in [2.75, 3.05) is 0 Å². The molecular formula is C67H111NO8Si2. The molecule has 0 spiro atoms. The lowest BCUT2D eigenvalue weighted by molar-refractivity contribution is -0.140. The average Bonchev–Trinajstić information content (AvgIpc) is 3.37. The van der Waals surface area contributed by atoms with Gasteiger partial charge in [-0.1, -0.05) is 213 Å². The van der Waals surface area contributed by atoms with E-state index < -0.39 is 34.3 Å². The molecule has 1 amide bonds. The van der Waals surface area contributed by atoms with Crippen LogP contribution in [0.3, 0.4) is 0 Å². The van der Waals surface area contributed by atoms with Crippen molar-refractivity contribution < 1.29 is 37.4 Å². The minimum absolute atomic E-state index is 0.0508. The predicted molar refractivity (Wildman–Crippen MR) is 332 cm³/mol. The first kappa shape index (κ1) is 70.3. The summed E-state index contributed by atoms with van der Waals surface area (Å²) >= 11 is 0. The molecule has 3 rings (SSSR count). The van der Waals surface area contributed by atoms with E-state index in [2.05, 4.69) is 165 Å². The maximum absolute atomic E-state index is 13.2. The van der Waals surface area contributed by atoms with Gasteiger partial charge in [-0.05, 0) is 135 Å². The highest BCUT2D eigenvalue weighted by molar-refractivity contribution is 6.78. The zero-order valence-corrected chi connectivity index (χ0v) is 54.5. The second-order valence-electron chi connectivity index (χ2n) is 24.7. The van der Waals surface area contributed by atoms with Crippen LogP contribution in [0.1, 0.15) is 200 Å². The minimum atomic E-state index is -2.22. The first-order chi connectivity index (χ1) is 36.8. The van der Waals surface area contributed by atoms with Gasteiger partial charge in [0.25, 0.3) is 0 Å². The summed E-state index contributed by atoms with van der Waals surface area (Å²) in [6, 6.07) is 30.3. The Morgan fingerprint density at radius 1 is 0.551 bits per heavy atom. The highest BCUT2D eigenvalue weighted by Gasteiger charge is 2.50. The molecule has 0 saturated heterocycles. The molecule has 9 nitrogen and oxygen atoms in total. The molecule has 0 aliphatic rings. The molecule has 0 aliphatic carbocycles. The fourth-order valence-corrected chi connectivity index (χ4v) is 23.4. The predicted octanol–water partition coefficient (Wildman–Crippen LogP) is 19.0. The van der Waals surface area contributed by atoms with E-state index in [1.807, 2.05) is 54.6 Å². The fourth-order valence-electron chi connectivity index (χ4n) is 12.1. The number of rotatable bonds is 34. The molecule has 0 saturated carbocycles. The number of amides is 1. The molecular weight excluding hydrogens is 1000 g/mol. The number of esters is 1. The Morgan fingerprint density at radius 3 is 1.28 bits per heavy atom. The topological polar surface area (TPSA) is 102 Å². The number of unbranched alkanes of at least 4 members (excludes halogenated alkanes) is 1. The molecule has 0 heterocycles. The van der Waals surface area contributed by atoms with E-state index in [0.717, 1.165) is 56.1 Å². The summed E-state index contributed by atoms with van der Waals surface area (Å²) in [6.45, 7) is 47.7. The van der Waals surface area contributed by atoms with E-state index >= 15 is 0 Å². The second-order valence-corrected chi connectivity index (χ2v) is 35.5. The van der Waals surface area contributed by atoms with Crippen molar-refractivity contribution in [1.29, 1.82) is 0 Å². The van der Waals surface area contributed by atoms with E-state index in [1.54, 1.807) is 26.8 Å². The lowest BCUT2D eigenvalue weighted by Crippen LogP contribution is -2.54. The Balaban J connectivity index is 0.000000610. The SMILES string of the molecule is C=CC[C@H](CCC)[C@@H](O[Si](C(C)C)(C(C)C)C(C)C)[C@H](C)OCc1ccccc1.CCC[C@@H](CCC/C=C(\NC(=O)OC(C)(C)C)C(=O)OCc1ccccc1)[C@@H](O[Si](C(C)C)(C(C)C)C(C)C)[C@H](C)OCc1ccccc1. The van der Waals surface area contributed by atoms with Crippen molar-refractivity contribution in [3.63, 3.8) is 0 Å². The van der Waals surface area contributed by atoms with Crippen molar-refractivity contribution in [3.8, 4) is 0 Å². The molecule has 0 aliphatic heterocycles. The molecule has 78 heavy (non-hydrogen) atoms. The quantitative estimate of drug-likeness (QED) is 0.0207. The molecule has 3 aromatic carbocycles. The summed E-state index contributed by atoms with van der Waals surface area (Å²) in [5.41, 5.74) is 5.67. The molecule has 1 N–H and O–H groups in total. The van der Waals surface area contributed by atoms with Gasteiger partial charge in [-0.3, -0.25) is 5.32 Å². The van der Waals surface area contributed by atoms with Crippen molar-refractivity contribution in [1.82, 2.24) is 5.32 Å². The summed E-state index contributed by atoms with van der Waals surface area (Å²) in [6.07, 6.45) is 10.7. The number of alkyl carbamates (subject to hydrolysis) is 1. The Hall–Kier alpha value is -3.85. The normalized spacial score (nSPS) is 15.0. The Bertz CT molecular complexity index is 2080. The van der Waals surface area contributed by atoms with E-state index in [0.29, 0.717) is 58.8 Å². The van der Waals surface area contributed by atoms with Crippen LogP contribution in [0.25, 0.3) is 0 Å². The van der Waals surface area contributed by atoms with Gasteiger partial charge in [0.15, 0.2) is 0 Å². The molecule has 0 unspecified atom stereocenters. The third kappa shape index (κ3) is 23.0. The standard InChI is InChI=1S/C41H65NO6Si.C26H46O2Si/c1-12-21-36(38(33(8)45-28-34-22-15-13-16-23-34)48-49(30(2)3,31(4)5)32(6)7)26-19-20-27-37(42-40(44)47-41(9,10)11)39(43)46-29-35-24-17-14-18-25-35;1-10-15-25(16-11-2)26(23(9)27-19-24-17-13-12-14-18-24)28-29(20(3)4,21(5)6)22(7)8/h13-18,22-25,27,30-33,36,38H,12,19-21,26,28-29H2,1-11H3,(H,42,44);10,12-14,17-18,20-23,25-26H,1,11,15-16,19H2,2-9H3/b37-27-;/t33-,36-,38-;23-,25+,26-/m00/s1. The highest BCUT2D eigenvalue weighted by atomic mass is 28.4. The van der Waals surface area contributed by atoms with Gasteiger partial charge in [0.05, 0.1) is 37.6 Å². The molecule has 0 bridgehead atoms. The van der Waals surface area contributed by atoms with Crippen molar-refractivity contribution in [2.45, 2.75) is 266 Å². The maximum Gasteiger partial charge on any atom is 0.412 e. The average molecular weight is 1110 g/mol. The van der Waals surface area contributed by atoms with Crippen molar-refractivity contribution >= 4 is 28.7 Å². The van der Waals surface area contributed by atoms with Crippen LogP contribution in [-0.4, -0.2) is 58.7 Å². The third-order valence-corrected chi connectivity index (χ3v) is 27.8. The van der Waals surface area contributed by atoms with Crippen LogP contribution in [0.5, 0.6) is 0 Å². The van der Waals surface area contributed by atoms with Gasteiger partial charge in [0.2, 0.25) is 16.6 Å². The van der Waals surface area contributed by atoms with Crippen LogP contribution in [0.2, 0.25) is 33.2 Å². The van der Waals surface area contributed by atoms with E-state index in [1.165, 1.54) is 5.56 Å². The van der Waals surface area contributed by atoms with Gasteiger partial charge in [-0.25, -0.2) is 9.59 Å². The van der Waals surface area contributed by atoms with Crippen molar-refractivity contribution in [2.24, 2.45) is 11.8 Å². The van der Waals surface area contributed by atoms with Gasteiger partial charge in [0.1, 0.15) is 17.9 Å². The molecule has 11 heteroatoms. The smallest absolute Gasteiger partial charge is 0.412 e. The molecule has 6 atom stereocenters. The van der Waals surface area contributed by atoms with Gasteiger partial charge >= 0.3 is 12.1 Å². The Morgan fingerprint density at radius 2 is 0.923 bits per heavy atom. The number of nitrogens with one attached hydrogen (secondary N) is 1. The second kappa shape index (κ2) is 35.8. The van der Waals surface area contributed by atoms with E-state index in [4.69, 9.17) is 27.8 Å². The third-order valence-electron chi connectivity index (χ3n) is 15.6. The molecule has 0 aromatic heterocycles. The number of benzene rings is 3. The number of hydrogen-bond acceptors (Lipinski definition) is 8. The van der Waals surface area contributed by atoms with Crippen LogP contribution in [-0.2, 0) is 52.4 Å². The van der Waals surface area contributed by atoms with E-state index in [9.17, 15) is 9.59 Å². The number of ether oxygens (including phenoxy) is 4. The summed E-state index contributed by atoms with van der Waals surface area (Å²) in [7, 11) is -4.22. The number of allylic oxidation sites excluding steroid dienone is 2. The zero-order chi connectivity index (χ0) is 58.6. The lowest BCUT2D eigenvalue weighted by atomic mass is 9.89. The van der Waals surface area contributed by atoms with Crippen LogP contribution in [0.15, 0.2) is 115 Å². The fraction of sp³-hybridized carbons (Fsp3) is 0.642. The molecule has 3 aromatic rings. The van der Waals surface area contributed by atoms with Crippen molar-refractivity contribution in [3.05, 3.63) is 132 Å². The Kier molecular flexibility index (Phi) is 32.2. The van der Waals surface area contributed by atoms with Gasteiger partial charge in [0, 0.05) is 0 Å². The molecule has 440 valence electrons. The van der Waals surface area contributed by atoms with Crippen LogP contribution in [0, 0.1) is 11.8 Å². The minimum Gasteiger partial charge on any atom is -0.456 e. The summed E-state index contributed by atoms with van der Waals surface area (Å²) in [5, 5.41) is 2.65. The van der Waals surface area contributed by atoms with Gasteiger partial charge in [-0.15, -0.1) is 6.58 Å². The maximum atomic E-state index is 13.2. The Labute approximate surface area is 479 Å². The summed E-state index contributed by atoms with van der Waals surface area (Å²) in [4.78, 5) is 25.9.